The summed E-state index contributed by atoms with van der Waals surface area (Å²) in [6, 6.07) is -0.907. The number of carboxylic acid groups (broad SMARTS) is 1. The molecular formula is C11H22N2O3S. The first-order valence-electron chi connectivity index (χ1n) is 5.86. The fraction of sp³-hybridized carbons (Fsp3) is 0.818. The summed E-state index contributed by atoms with van der Waals surface area (Å²) in [4.78, 5) is 22.1. The Labute approximate surface area is 107 Å². The number of nitrogens with two attached hydrogens (primary N) is 1. The Kier molecular flexibility index (Phi) is 8.89. The maximum absolute atomic E-state index is 11.6. The van der Waals surface area contributed by atoms with Crippen molar-refractivity contribution >= 4 is 23.6 Å². The first kappa shape index (κ1) is 16.2. The number of rotatable bonds is 9. The van der Waals surface area contributed by atoms with Gasteiger partial charge in [0.15, 0.2) is 0 Å². The van der Waals surface area contributed by atoms with Crippen LogP contribution in [0.15, 0.2) is 0 Å². The van der Waals surface area contributed by atoms with Crippen molar-refractivity contribution in [3.63, 3.8) is 0 Å². The van der Waals surface area contributed by atoms with Gasteiger partial charge in [0.2, 0.25) is 5.91 Å². The van der Waals surface area contributed by atoms with Gasteiger partial charge in [0.1, 0.15) is 6.04 Å². The van der Waals surface area contributed by atoms with E-state index >= 15 is 0 Å². The zero-order chi connectivity index (χ0) is 13.3. The van der Waals surface area contributed by atoms with Crippen molar-refractivity contribution in [3.05, 3.63) is 0 Å². The van der Waals surface area contributed by atoms with E-state index in [0.717, 1.165) is 19.3 Å². The molecule has 0 aromatic heterocycles. The second kappa shape index (κ2) is 9.30. The second-order valence-electron chi connectivity index (χ2n) is 3.92. The van der Waals surface area contributed by atoms with Crippen LogP contribution in [0.4, 0.5) is 0 Å². The minimum atomic E-state index is -1.03. The van der Waals surface area contributed by atoms with Crippen molar-refractivity contribution in [3.8, 4) is 0 Å². The molecule has 6 heteroatoms. The molecule has 0 aromatic rings. The number of hydrogen-bond donors (Lipinski definition) is 3. The van der Waals surface area contributed by atoms with Gasteiger partial charge in [-0.1, -0.05) is 19.8 Å². The summed E-state index contributed by atoms with van der Waals surface area (Å²) < 4.78 is 0. The zero-order valence-corrected chi connectivity index (χ0v) is 11.3. The van der Waals surface area contributed by atoms with Gasteiger partial charge in [0.05, 0.1) is 5.25 Å². The molecule has 0 heterocycles. The van der Waals surface area contributed by atoms with Gasteiger partial charge in [-0.3, -0.25) is 9.59 Å². The Balaban J connectivity index is 3.70. The summed E-state index contributed by atoms with van der Waals surface area (Å²) in [6.07, 6.45) is 3.20. The topological polar surface area (TPSA) is 92.4 Å². The molecule has 1 amide bonds. The third kappa shape index (κ3) is 8.04. The minimum Gasteiger partial charge on any atom is -0.480 e. The fourth-order valence-electron chi connectivity index (χ4n) is 1.13. The van der Waals surface area contributed by atoms with Gasteiger partial charge in [0.25, 0.3) is 0 Å². The Morgan fingerprint density at radius 1 is 1.41 bits per heavy atom. The number of hydrogen-bond acceptors (Lipinski definition) is 4. The Hall–Kier alpha value is -0.750. The average molecular weight is 262 g/mol. The summed E-state index contributed by atoms with van der Waals surface area (Å²) in [5, 5.41) is 11.2. The van der Waals surface area contributed by atoms with Crippen LogP contribution in [0.5, 0.6) is 0 Å². The van der Waals surface area contributed by atoms with Crippen LogP contribution in [0.2, 0.25) is 0 Å². The lowest BCUT2D eigenvalue weighted by atomic mass is 10.2. The average Bonchev–Trinajstić information content (AvgIpc) is 2.30. The predicted molar refractivity (Wildman–Crippen MR) is 70.1 cm³/mol. The van der Waals surface area contributed by atoms with E-state index in [1.807, 2.05) is 0 Å². The first-order chi connectivity index (χ1) is 7.99. The number of carbonyl (C=O) groups excluding carboxylic acids is 1. The van der Waals surface area contributed by atoms with Crippen molar-refractivity contribution in [1.82, 2.24) is 5.32 Å². The summed E-state index contributed by atoms with van der Waals surface area (Å²) in [5.41, 5.74) is 5.35. The summed E-state index contributed by atoms with van der Waals surface area (Å²) in [6.45, 7) is 4.55. The number of unbranched alkanes of at least 4 members (excludes halogenated alkanes) is 2. The van der Waals surface area contributed by atoms with Gasteiger partial charge in [-0.2, -0.15) is 0 Å². The van der Waals surface area contributed by atoms with Crippen LogP contribution in [0.3, 0.4) is 0 Å². The molecule has 0 saturated carbocycles. The smallest absolute Gasteiger partial charge is 0.321 e. The molecule has 0 aliphatic rings. The maximum Gasteiger partial charge on any atom is 0.321 e. The molecule has 0 rings (SSSR count). The third-order valence-corrected chi connectivity index (χ3v) is 3.56. The van der Waals surface area contributed by atoms with Gasteiger partial charge >= 0.3 is 5.97 Å². The molecule has 2 atom stereocenters. The minimum absolute atomic E-state index is 0.0521. The lowest BCUT2D eigenvalue weighted by Crippen LogP contribution is -2.36. The zero-order valence-electron chi connectivity index (χ0n) is 10.4. The molecule has 0 aromatic carbocycles. The van der Waals surface area contributed by atoms with E-state index < -0.39 is 12.0 Å². The van der Waals surface area contributed by atoms with Crippen LogP contribution in [0, 0.1) is 0 Å². The number of carbonyl (C=O) groups is 2. The summed E-state index contributed by atoms with van der Waals surface area (Å²) >= 11 is 1.27. The highest BCUT2D eigenvalue weighted by Gasteiger charge is 2.17. The first-order valence-corrected chi connectivity index (χ1v) is 6.91. The summed E-state index contributed by atoms with van der Waals surface area (Å²) in [5.74, 6) is -0.837. The molecule has 4 N–H and O–H groups in total. The lowest BCUT2D eigenvalue weighted by molar-refractivity contribution is -0.138. The van der Waals surface area contributed by atoms with E-state index in [2.05, 4.69) is 12.2 Å². The molecule has 0 radical (unpaired) electrons. The Bertz CT molecular complexity index is 249. The standard InChI is InChI=1S/C11H22N2O3S/c1-3-4-5-6-13-10(14)8(2)17-7-9(12)11(15)16/h8-9H,3-7,12H2,1-2H3,(H,13,14)(H,15,16)/t8?,9-/m0/s1. The molecule has 0 aliphatic carbocycles. The Morgan fingerprint density at radius 2 is 2.06 bits per heavy atom. The fourth-order valence-corrected chi connectivity index (χ4v) is 2.00. The highest BCUT2D eigenvalue weighted by molar-refractivity contribution is 8.00. The van der Waals surface area contributed by atoms with Crippen molar-refractivity contribution in [2.45, 2.75) is 44.4 Å². The molecule has 100 valence electrons. The number of aliphatic carboxylic acids is 1. The molecule has 0 spiro atoms. The quantitative estimate of drug-likeness (QED) is 0.535. The SMILES string of the molecule is CCCCCNC(=O)C(C)SC[C@H](N)C(=O)O. The van der Waals surface area contributed by atoms with Gasteiger partial charge in [0, 0.05) is 12.3 Å². The van der Waals surface area contributed by atoms with Crippen LogP contribution in [-0.2, 0) is 9.59 Å². The monoisotopic (exact) mass is 262 g/mol. The van der Waals surface area contributed by atoms with Crippen molar-refractivity contribution in [2.75, 3.05) is 12.3 Å². The van der Waals surface area contributed by atoms with E-state index in [0.29, 0.717) is 6.54 Å². The molecular weight excluding hydrogens is 240 g/mol. The van der Waals surface area contributed by atoms with Crippen LogP contribution in [0.1, 0.15) is 33.1 Å². The molecule has 0 saturated heterocycles. The van der Waals surface area contributed by atoms with E-state index in [1.54, 1.807) is 6.92 Å². The largest absolute Gasteiger partial charge is 0.480 e. The number of amides is 1. The van der Waals surface area contributed by atoms with Crippen molar-refractivity contribution in [1.29, 1.82) is 0 Å². The van der Waals surface area contributed by atoms with Crippen LogP contribution in [0.25, 0.3) is 0 Å². The third-order valence-electron chi connectivity index (χ3n) is 2.29. The second-order valence-corrected chi connectivity index (χ2v) is 5.29. The predicted octanol–water partition coefficient (Wildman–Crippen LogP) is 0.826. The van der Waals surface area contributed by atoms with Crippen LogP contribution >= 0.6 is 11.8 Å². The van der Waals surface area contributed by atoms with Gasteiger partial charge < -0.3 is 16.2 Å². The van der Waals surface area contributed by atoms with E-state index in [1.165, 1.54) is 11.8 Å². The van der Waals surface area contributed by atoms with E-state index in [4.69, 9.17) is 10.8 Å². The van der Waals surface area contributed by atoms with Gasteiger partial charge in [-0.05, 0) is 13.3 Å². The molecule has 0 aliphatic heterocycles. The van der Waals surface area contributed by atoms with Crippen LogP contribution in [-0.4, -0.2) is 40.6 Å². The molecule has 0 fully saturated rings. The lowest BCUT2D eigenvalue weighted by Gasteiger charge is -2.13. The maximum atomic E-state index is 11.6. The highest BCUT2D eigenvalue weighted by atomic mass is 32.2. The molecule has 17 heavy (non-hydrogen) atoms. The number of thioether (sulfide) groups is 1. The molecule has 1 unspecified atom stereocenters. The van der Waals surface area contributed by atoms with E-state index in [9.17, 15) is 9.59 Å². The van der Waals surface area contributed by atoms with Gasteiger partial charge in [-0.15, -0.1) is 11.8 Å². The summed E-state index contributed by atoms with van der Waals surface area (Å²) in [7, 11) is 0. The van der Waals surface area contributed by atoms with Crippen LogP contribution < -0.4 is 11.1 Å². The number of nitrogens with one attached hydrogen (secondary N) is 1. The highest BCUT2D eigenvalue weighted by Crippen LogP contribution is 2.11. The van der Waals surface area contributed by atoms with Crippen molar-refractivity contribution < 1.29 is 14.7 Å². The number of carboxylic acids is 1. The van der Waals surface area contributed by atoms with E-state index in [-0.39, 0.29) is 16.9 Å². The Morgan fingerprint density at radius 3 is 2.59 bits per heavy atom. The molecule has 5 nitrogen and oxygen atoms in total. The van der Waals surface area contributed by atoms with Gasteiger partial charge in [-0.25, -0.2) is 0 Å². The normalized spacial score (nSPS) is 14.1. The van der Waals surface area contributed by atoms with Crippen molar-refractivity contribution in [2.24, 2.45) is 5.73 Å². The molecule has 0 bridgehead atoms.